The summed E-state index contributed by atoms with van der Waals surface area (Å²) in [6.07, 6.45) is 12.8. The number of likely N-dealkylation sites (tertiary alicyclic amines) is 1. The van der Waals surface area contributed by atoms with E-state index in [2.05, 4.69) is 27.7 Å². The molecule has 1 aliphatic heterocycles. The number of amides is 1. The van der Waals surface area contributed by atoms with Crippen LogP contribution in [0.5, 0.6) is 0 Å². The first-order valence-electron chi connectivity index (χ1n) is 11.1. The number of carbonyl (C=O) groups excluding carboxylic acids is 1. The predicted octanol–water partition coefficient (Wildman–Crippen LogP) is 3.78. The van der Waals surface area contributed by atoms with Crippen molar-refractivity contribution in [1.29, 1.82) is 0 Å². The van der Waals surface area contributed by atoms with Crippen LogP contribution in [0.3, 0.4) is 0 Å². The van der Waals surface area contributed by atoms with Crippen LogP contribution < -0.4 is 10.6 Å². The number of rotatable bonds is 7. The van der Waals surface area contributed by atoms with Crippen LogP contribution in [0, 0.1) is 0 Å². The molecule has 4 rings (SSSR count). The van der Waals surface area contributed by atoms with E-state index in [9.17, 15) is 4.79 Å². The monoisotopic (exact) mass is 369 g/mol. The Morgan fingerprint density at radius 2 is 1.67 bits per heavy atom. The van der Waals surface area contributed by atoms with Gasteiger partial charge in [0.15, 0.2) is 0 Å². The molecule has 1 amide bonds. The van der Waals surface area contributed by atoms with Crippen molar-refractivity contribution in [3.63, 3.8) is 0 Å². The first-order chi connectivity index (χ1) is 13.3. The number of piperidine rings is 1. The van der Waals surface area contributed by atoms with Gasteiger partial charge in [-0.15, -0.1) is 0 Å². The second-order valence-electron chi connectivity index (χ2n) is 8.84. The topological polar surface area (TPSA) is 44.4 Å². The van der Waals surface area contributed by atoms with Gasteiger partial charge in [-0.05, 0) is 57.2 Å². The first-order valence-corrected chi connectivity index (χ1v) is 11.1. The van der Waals surface area contributed by atoms with Crippen LogP contribution in [-0.4, -0.2) is 42.0 Å². The Hall–Kier alpha value is -1.39. The van der Waals surface area contributed by atoms with Crippen molar-refractivity contribution in [3.8, 4) is 0 Å². The maximum Gasteiger partial charge on any atom is 0.241 e. The minimum atomic E-state index is -0.240. The van der Waals surface area contributed by atoms with Crippen molar-refractivity contribution in [2.24, 2.45) is 0 Å². The SMILES string of the molecule is O=C(NC1CC1)C(NCC1(N2CCCCC2)CCCCC1)c1ccccc1. The molecule has 1 saturated heterocycles. The van der Waals surface area contributed by atoms with Crippen LogP contribution in [0.4, 0.5) is 0 Å². The van der Waals surface area contributed by atoms with Gasteiger partial charge in [-0.25, -0.2) is 0 Å². The largest absolute Gasteiger partial charge is 0.352 e. The van der Waals surface area contributed by atoms with Gasteiger partial charge in [0.2, 0.25) is 5.91 Å². The zero-order chi connectivity index (χ0) is 18.5. The fourth-order valence-corrected chi connectivity index (χ4v) is 4.99. The summed E-state index contributed by atoms with van der Waals surface area (Å²) in [6, 6.07) is 10.4. The zero-order valence-corrected chi connectivity index (χ0v) is 16.6. The highest BCUT2D eigenvalue weighted by atomic mass is 16.2. The molecule has 0 radical (unpaired) electrons. The molecular formula is C23H35N3O. The lowest BCUT2D eigenvalue weighted by Gasteiger charge is -2.49. The highest BCUT2D eigenvalue weighted by Gasteiger charge is 2.39. The Bertz CT molecular complexity index is 601. The van der Waals surface area contributed by atoms with Gasteiger partial charge in [-0.3, -0.25) is 9.69 Å². The number of carbonyl (C=O) groups is 1. The Kier molecular flexibility index (Phi) is 6.14. The molecule has 4 nitrogen and oxygen atoms in total. The van der Waals surface area contributed by atoms with E-state index >= 15 is 0 Å². The lowest BCUT2D eigenvalue weighted by atomic mass is 9.79. The van der Waals surface area contributed by atoms with Gasteiger partial charge >= 0.3 is 0 Å². The summed E-state index contributed by atoms with van der Waals surface area (Å²) in [5.41, 5.74) is 1.33. The van der Waals surface area contributed by atoms with Gasteiger partial charge in [0.25, 0.3) is 0 Å². The summed E-state index contributed by atoms with van der Waals surface area (Å²) in [5, 5.41) is 6.94. The molecule has 148 valence electrons. The third-order valence-corrected chi connectivity index (χ3v) is 6.77. The third kappa shape index (κ3) is 4.72. The van der Waals surface area contributed by atoms with Crippen molar-refractivity contribution < 1.29 is 4.79 Å². The summed E-state index contributed by atoms with van der Waals surface area (Å²) in [4.78, 5) is 15.7. The molecule has 27 heavy (non-hydrogen) atoms. The Morgan fingerprint density at radius 1 is 1.00 bits per heavy atom. The molecule has 0 bridgehead atoms. The van der Waals surface area contributed by atoms with Crippen molar-refractivity contribution in [2.75, 3.05) is 19.6 Å². The summed E-state index contributed by atoms with van der Waals surface area (Å²) < 4.78 is 0. The normalized spacial score (nSPS) is 24.3. The van der Waals surface area contributed by atoms with E-state index in [-0.39, 0.29) is 17.5 Å². The summed E-state index contributed by atoms with van der Waals surface area (Å²) in [5.74, 6) is 0.147. The standard InChI is InChI=1S/C23H35N3O/c27-22(25-20-12-13-20)21(19-10-4-1-5-11-19)24-18-23(14-6-2-7-15-23)26-16-8-3-9-17-26/h1,4-5,10-11,20-21,24H,2-3,6-9,12-18H2,(H,25,27). The van der Waals surface area contributed by atoms with Gasteiger partial charge < -0.3 is 10.6 Å². The average molecular weight is 370 g/mol. The van der Waals surface area contributed by atoms with E-state index < -0.39 is 0 Å². The molecular weight excluding hydrogens is 334 g/mol. The van der Waals surface area contributed by atoms with E-state index in [0.29, 0.717) is 6.04 Å². The lowest BCUT2D eigenvalue weighted by molar-refractivity contribution is -0.123. The van der Waals surface area contributed by atoms with E-state index in [1.54, 1.807) is 0 Å². The number of benzene rings is 1. The highest BCUT2D eigenvalue weighted by molar-refractivity contribution is 5.83. The van der Waals surface area contributed by atoms with Gasteiger partial charge in [-0.2, -0.15) is 0 Å². The van der Waals surface area contributed by atoms with Crippen LogP contribution in [0.2, 0.25) is 0 Å². The van der Waals surface area contributed by atoms with Gasteiger partial charge in [0, 0.05) is 18.1 Å². The fourth-order valence-electron chi connectivity index (χ4n) is 4.99. The third-order valence-electron chi connectivity index (χ3n) is 6.77. The van der Waals surface area contributed by atoms with E-state index in [0.717, 1.165) is 24.9 Å². The number of hydrogen-bond acceptors (Lipinski definition) is 3. The minimum absolute atomic E-state index is 0.147. The molecule has 1 atom stereocenters. The quantitative estimate of drug-likeness (QED) is 0.769. The Balaban J connectivity index is 1.49. The fraction of sp³-hybridized carbons (Fsp3) is 0.696. The summed E-state index contributed by atoms with van der Waals surface area (Å²) in [6.45, 7) is 3.38. The maximum absolute atomic E-state index is 13.0. The van der Waals surface area contributed by atoms with Crippen LogP contribution >= 0.6 is 0 Å². The van der Waals surface area contributed by atoms with Crippen LogP contribution in [0.1, 0.15) is 75.8 Å². The lowest BCUT2D eigenvalue weighted by Crippen LogP contribution is -2.58. The summed E-state index contributed by atoms with van der Waals surface area (Å²) >= 11 is 0. The van der Waals surface area contributed by atoms with E-state index in [1.807, 2.05) is 18.2 Å². The first kappa shape index (κ1) is 18.9. The van der Waals surface area contributed by atoms with Crippen LogP contribution in [0.15, 0.2) is 30.3 Å². The minimum Gasteiger partial charge on any atom is -0.352 e. The van der Waals surface area contributed by atoms with Crippen molar-refractivity contribution in [2.45, 2.75) is 81.8 Å². The van der Waals surface area contributed by atoms with Gasteiger partial charge in [0.1, 0.15) is 6.04 Å². The van der Waals surface area contributed by atoms with Crippen LogP contribution in [0.25, 0.3) is 0 Å². The number of nitrogens with one attached hydrogen (secondary N) is 2. The summed E-state index contributed by atoms with van der Waals surface area (Å²) in [7, 11) is 0. The molecule has 0 aromatic heterocycles. The van der Waals surface area contributed by atoms with E-state index in [4.69, 9.17) is 0 Å². The molecule has 1 aromatic rings. The molecule has 1 aromatic carbocycles. The smallest absolute Gasteiger partial charge is 0.241 e. The number of nitrogens with zero attached hydrogens (tertiary/aromatic N) is 1. The second-order valence-corrected chi connectivity index (χ2v) is 8.84. The Labute approximate surface area is 164 Å². The Morgan fingerprint density at radius 3 is 2.33 bits per heavy atom. The van der Waals surface area contributed by atoms with E-state index in [1.165, 1.54) is 64.5 Å². The zero-order valence-electron chi connectivity index (χ0n) is 16.6. The molecule has 1 unspecified atom stereocenters. The van der Waals surface area contributed by atoms with Crippen molar-refractivity contribution in [3.05, 3.63) is 35.9 Å². The molecule has 3 fully saturated rings. The van der Waals surface area contributed by atoms with Crippen LogP contribution in [-0.2, 0) is 4.79 Å². The molecule has 4 heteroatoms. The maximum atomic E-state index is 13.0. The average Bonchev–Trinajstić information content (AvgIpc) is 3.54. The van der Waals surface area contributed by atoms with Gasteiger partial charge in [-0.1, -0.05) is 56.0 Å². The molecule has 2 aliphatic carbocycles. The highest BCUT2D eigenvalue weighted by Crippen LogP contribution is 2.35. The molecule has 1 heterocycles. The molecule has 2 N–H and O–H groups in total. The molecule has 2 saturated carbocycles. The van der Waals surface area contributed by atoms with Crippen molar-refractivity contribution >= 4 is 5.91 Å². The van der Waals surface area contributed by atoms with Crippen molar-refractivity contribution in [1.82, 2.24) is 15.5 Å². The number of hydrogen-bond donors (Lipinski definition) is 2. The predicted molar refractivity (Wildman–Crippen MR) is 110 cm³/mol. The molecule has 3 aliphatic rings. The second kappa shape index (κ2) is 8.74. The molecule has 0 spiro atoms. The van der Waals surface area contributed by atoms with Gasteiger partial charge in [0.05, 0.1) is 0 Å².